The molecule has 1 N–H and O–H groups in total. The van der Waals surface area contributed by atoms with Crippen LogP contribution in [-0.2, 0) is 9.63 Å². The maximum atomic E-state index is 12.2. The number of benzene rings is 1. The van der Waals surface area contributed by atoms with Crippen LogP contribution in [0.3, 0.4) is 0 Å². The van der Waals surface area contributed by atoms with Crippen molar-refractivity contribution in [1.29, 1.82) is 0 Å². The van der Waals surface area contributed by atoms with Gasteiger partial charge in [-0.15, -0.1) is 0 Å². The van der Waals surface area contributed by atoms with Crippen LogP contribution in [0.5, 0.6) is 0 Å². The normalized spacial score (nSPS) is 17.8. The van der Waals surface area contributed by atoms with Crippen molar-refractivity contribution in [3.63, 3.8) is 0 Å². The van der Waals surface area contributed by atoms with Crippen LogP contribution in [0.4, 0.5) is 0 Å². The topological polar surface area (TPSA) is 71.8 Å². The first-order valence-corrected chi connectivity index (χ1v) is 6.30. The molecular weight excluding hydrogens is 284 g/mol. The number of hydroxylamine groups is 2. The largest absolute Gasteiger partial charge is 0.481 e. The number of rotatable bonds is 3. The number of carbonyl (C=O) groups excluding carboxylic acids is 1. The second kappa shape index (κ2) is 4.50. The van der Waals surface area contributed by atoms with E-state index in [1.54, 1.807) is 28.8 Å². The molecule has 1 aliphatic rings. The van der Waals surface area contributed by atoms with Gasteiger partial charge in [0, 0.05) is 10.4 Å². The van der Waals surface area contributed by atoms with Gasteiger partial charge in [-0.05, 0) is 18.2 Å². The molecule has 7 heteroatoms. The maximum absolute atomic E-state index is 12.2. The third-order valence-corrected chi connectivity index (χ3v) is 3.58. The number of nitrogens with zero attached hydrogens (tertiary/aromatic N) is 2. The van der Waals surface area contributed by atoms with E-state index in [0.717, 1.165) is 10.4 Å². The van der Waals surface area contributed by atoms with Crippen molar-refractivity contribution < 1.29 is 19.5 Å². The summed E-state index contributed by atoms with van der Waals surface area (Å²) in [5, 5.41) is 11.5. The molecule has 1 unspecified atom stereocenters. The van der Waals surface area contributed by atoms with Gasteiger partial charge < -0.3 is 9.67 Å². The minimum atomic E-state index is -1.01. The van der Waals surface area contributed by atoms with E-state index < -0.39 is 12.1 Å². The molecule has 2 heterocycles. The Morgan fingerprint density at radius 3 is 2.85 bits per heavy atom. The Balaban J connectivity index is 2.22. The van der Waals surface area contributed by atoms with E-state index in [9.17, 15) is 9.59 Å². The Kier molecular flexibility index (Phi) is 2.92. The monoisotopic (exact) mass is 294 g/mol. The molecule has 1 aromatic heterocycles. The molecule has 0 fully saturated rings. The van der Waals surface area contributed by atoms with Crippen molar-refractivity contribution in [1.82, 2.24) is 9.63 Å². The summed E-state index contributed by atoms with van der Waals surface area (Å²) in [7, 11) is 1.34. The van der Waals surface area contributed by atoms with Crippen LogP contribution < -0.4 is 0 Å². The second-order valence-electron chi connectivity index (χ2n) is 4.49. The van der Waals surface area contributed by atoms with Crippen LogP contribution in [0.2, 0.25) is 5.02 Å². The van der Waals surface area contributed by atoms with Gasteiger partial charge in [0.15, 0.2) is 0 Å². The van der Waals surface area contributed by atoms with E-state index in [1.165, 1.54) is 7.11 Å². The lowest BCUT2D eigenvalue weighted by Crippen LogP contribution is -2.30. The SMILES string of the molecule is CON1C(=O)c2cc3ccc(Cl)cc3n2C1CC(=O)O. The van der Waals surface area contributed by atoms with Crippen LogP contribution >= 0.6 is 11.6 Å². The highest BCUT2D eigenvalue weighted by Crippen LogP contribution is 2.36. The zero-order chi connectivity index (χ0) is 14.4. The van der Waals surface area contributed by atoms with Crippen molar-refractivity contribution in [3.05, 3.63) is 35.0 Å². The third-order valence-electron chi connectivity index (χ3n) is 3.35. The summed E-state index contributed by atoms with van der Waals surface area (Å²) in [6, 6.07) is 6.94. The highest BCUT2D eigenvalue weighted by atomic mass is 35.5. The van der Waals surface area contributed by atoms with Crippen molar-refractivity contribution >= 4 is 34.4 Å². The predicted molar refractivity (Wildman–Crippen MR) is 71.4 cm³/mol. The summed E-state index contributed by atoms with van der Waals surface area (Å²) in [5.74, 6) is -1.37. The lowest BCUT2D eigenvalue weighted by molar-refractivity contribution is -0.153. The Bertz CT molecular complexity index is 724. The number of carboxylic acids is 1. The molecule has 2 aromatic rings. The van der Waals surface area contributed by atoms with Crippen LogP contribution in [-0.4, -0.2) is 33.7 Å². The van der Waals surface area contributed by atoms with Gasteiger partial charge in [-0.25, -0.2) is 0 Å². The molecule has 0 aliphatic carbocycles. The van der Waals surface area contributed by atoms with Crippen LogP contribution in [0.1, 0.15) is 23.1 Å². The van der Waals surface area contributed by atoms with E-state index in [1.807, 2.05) is 0 Å². The molecule has 104 valence electrons. The predicted octanol–water partition coefficient (Wildman–Crippen LogP) is 2.29. The maximum Gasteiger partial charge on any atom is 0.307 e. The number of aliphatic carboxylic acids is 1. The molecule has 1 aliphatic heterocycles. The van der Waals surface area contributed by atoms with Gasteiger partial charge in [-0.2, -0.15) is 5.06 Å². The zero-order valence-electron chi connectivity index (χ0n) is 10.5. The van der Waals surface area contributed by atoms with Crippen molar-refractivity contribution in [2.45, 2.75) is 12.6 Å². The van der Waals surface area contributed by atoms with Gasteiger partial charge in [0.2, 0.25) is 0 Å². The molecule has 3 rings (SSSR count). The van der Waals surface area contributed by atoms with Gasteiger partial charge in [-0.3, -0.25) is 14.4 Å². The molecule has 6 nitrogen and oxygen atoms in total. The number of halogens is 1. The number of fused-ring (bicyclic) bond motifs is 3. The smallest absolute Gasteiger partial charge is 0.307 e. The molecule has 0 spiro atoms. The standard InChI is InChI=1S/C13H11ClN2O4/c1-20-16-11(6-12(17)18)15-9-5-8(14)3-2-7(9)4-10(15)13(16)19/h2-5,11H,6H2,1H3,(H,17,18). The fourth-order valence-electron chi connectivity index (χ4n) is 2.57. The molecule has 20 heavy (non-hydrogen) atoms. The Hall–Kier alpha value is -2.05. The first kappa shape index (κ1) is 13.0. The molecular formula is C13H11ClN2O4. The number of carbonyl (C=O) groups is 2. The highest BCUT2D eigenvalue weighted by Gasteiger charge is 2.39. The summed E-state index contributed by atoms with van der Waals surface area (Å²) in [6.07, 6.45) is -0.959. The Morgan fingerprint density at radius 2 is 2.20 bits per heavy atom. The summed E-state index contributed by atoms with van der Waals surface area (Å²) < 4.78 is 1.65. The Morgan fingerprint density at radius 1 is 1.45 bits per heavy atom. The fourth-order valence-corrected chi connectivity index (χ4v) is 2.73. The van der Waals surface area contributed by atoms with E-state index in [0.29, 0.717) is 16.2 Å². The van der Waals surface area contributed by atoms with Crippen molar-refractivity contribution in [2.75, 3.05) is 7.11 Å². The molecule has 0 saturated carbocycles. The highest BCUT2D eigenvalue weighted by molar-refractivity contribution is 6.31. The fraction of sp³-hybridized carbons (Fsp3) is 0.231. The van der Waals surface area contributed by atoms with Crippen molar-refractivity contribution in [2.24, 2.45) is 0 Å². The minimum absolute atomic E-state index is 0.247. The lowest BCUT2D eigenvalue weighted by atomic mass is 10.2. The number of carboxylic acid groups (broad SMARTS) is 1. The van der Waals surface area contributed by atoms with Gasteiger partial charge in [0.25, 0.3) is 5.91 Å². The van der Waals surface area contributed by atoms with E-state index in [4.69, 9.17) is 21.5 Å². The van der Waals surface area contributed by atoms with Crippen LogP contribution in [0.15, 0.2) is 24.3 Å². The average Bonchev–Trinajstić information content (AvgIpc) is 2.86. The average molecular weight is 295 g/mol. The van der Waals surface area contributed by atoms with Crippen molar-refractivity contribution in [3.8, 4) is 0 Å². The Labute approximate surface area is 119 Å². The van der Waals surface area contributed by atoms with E-state index in [-0.39, 0.29) is 12.3 Å². The molecule has 0 bridgehead atoms. The second-order valence-corrected chi connectivity index (χ2v) is 4.93. The van der Waals surface area contributed by atoms with Gasteiger partial charge in [-0.1, -0.05) is 17.7 Å². The molecule has 1 atom stereocenters. The zero-order valence-corrected chi connectivity index (χ0v) is 11.3. The summed E-state index contributed by atoms with van der Waals surface area (Å²) in [5.41, 5.74) is 1.11. The first-order chi connectivity index (χ1) is 9.52. The third kappa shape index (κ3) is 1.76. The first-order valence-electron chi connectivity index (χ1n) is 5.93. The number of amides is 1. The summed E-state index contributed by atoms with van der Waals surface area (Å²) in [4.78, 5) is 28.3. The number of hydrogen-bond acceptors (Lipinski definition) is 3. The number of aromatic nitrogens is 1. The molecule has 0 radical (unpaired) electrons. The lowest BCUT2D eigenvalue weighted by Gasteiger charge is -2.22. The van der Waals surface area contributed by atoms with Crippen LogP contribution in [0.25, 0.3) is 10.9 Å². The van der Waals surface area contributed by atoms with Crippen LogP contribution in [0, 0.1) is 0 Å². The molecule has 0 saturated heterocycles. The van der Waals surface area contributed by atoms with E-state index >= 15 is 0 Å². The summed E-state index contributed by atoms with van der Waals surface area (Å²) >= 11 is 5.98. The van der Waals surface area contributed by atoms with E-state index in [2.05, 4.69) is 0 Å². The van der Waals surface area contributed by atoms with Gasteiger partial charge in [0.1, 0.15) is 11.9 Å². The minimum Gasteiger partial charge on any atom is -0.481 e. The summed E-state index contributed by atoms with van der Waals surface area (Å²) in [6.45, 7) is 0. The quantitative estimate of drug-likeness (QED) is 0.942. The molecule has 1 aromatic carbocycles. The van der Waals surface area contributed by atoms with Gasteiger partial charge in [0.05, 0.1) is 19.0 Å². The van der Waals surface area contributed by atoms with Gasteiger partial charge >= 0.3 is 5.97 Å². The number of hydrogen-bond donors (Lipinski definition) is 1. The molecule has 1 amide bonds.